The molecule has 98 valence electrons. The Hall–Kier alpha value is -0.273. The Morgan fingerprint density at radius 1 is 0.706 bits per heavy atom. The van der Waals surface area contributed by atoms with Crippen LogP contribution in [-0.4, -0.2) is 7.38 Å². The Kier molecular flexibility index (Phi) is 10.7. The van der Waals surface area contributed by atoms with Gasteiger partial charge < -0.3 is 0 Å². The summed E-state index contributed by atoms with van der Waals surface area (Å²) in [4.78, 5) is 0. The number of rotatable bonds is 9. The van der Waals surface area contributed by atoms with Crippen molar-refractivity contribution in [3.05, 3.63) is 35.3 Å². The van der Waals surface area contributed by atoms with E-state index in [4.69, 9.17) is 11.1 Å². The number of unbranched alkanes of at least 4 members (excludes halogenated alkanes) is 3. The second-order valence-corrected chi connectivity index (χ2v) is 9.02. The van der Waals surface area contributed by atoms with Gasteiger partial charge in [-0.3, -0.25) is 0 Å². The van der Waals surface area contributed by atoms with Crippen molar-refractivity contribution in [2.24, 2.45) is 0 Å². The maximum Gasteiger partial charge on any atom is 0.225 e. The summed E-state index contributed by atoms with van der Waals surface area (Å²) in [6.07, 6.45) is 13.7. The molecule has 0 saturated carbocycles. The summed E-state index contributed by atoms with van der Waals surface area (Å²) in [6.45, 7) is 6.59. The van der Waals surface area contributed by atoms with Gasteiger partial charge in [-0.1, -0.05) is 75.4 Å². The second kappa shape index (κ2) is 10.9. The lowest BCUT2D eigenvalue weighted by Crippen LogP contribution is -2.18. The first kappa shape index (κ1) is 16.7. The van der Waals surface area contributed by atoms with Crippen LogP contribution >= 0.6 is 11.1 Å². The van der Waals surface area contributed by atoms with Crippen LogP contribution in [0.1, 0.15) is 59.3 Å². The molecule has 0 aliphatic carbocycles. The summed E-state index contributed by atoms with van der Waals surface area (Å²) in [5.74, 6) is 0. The fourth-order valence-electron chi connectivity index (χ4n) is 1.46. The minimum absolute atomic E-state index is 1.13. The Morgan fingerprint density at radius 2 is 1.00 bits per heavy atom. The zero-order valence-corrected chi connectivity index (χ0v) is 13.3. The van der Waals surface area contributed by atoms with Gasteiger partial charge >= 0.3 is 0 Å². The zero-order valence-electron chi connectivity index (χ0n) is 11.6. The fraction of sp³-hybridized carbons (Fsp3) is 0.600. The summed E-state index contributed by atoms with van der Waals surface area (Å²) in [5.41, 5.74) is 6.74. The third kappa shape index (κ3) is 9.43. The van der Waals surface area contributed by atoms with E-state index in [9.17, 15) is 0 Å². The van der Waals surface area contributed by atoms with Gasteiger partial charge in [-0.25, -0.2) is 0 Å². The van der Waals surface area contributed by atoms with Crippen molar-refractivity contribution in [1.29, 1.82) is 0 Å². The first-order chi connectivity index (χ1) is 8.18. The molecule has 0 amide bonds. The molecule has 0 aromatic heterocycles. The van der Waals surface area contributed by atoms with E-state index in [2.05, 4.69) is 56.1 Å². The smallest absolute Gasteiger partial charge is 0.151 e. The number of hydrogen-bond donors (Lipinski definition) is 0. The van der Waals surface area contributed by atoms with E-state index in [1.165, 1.54) is 19.3 Å². The molecule has 0 spiro atoms. The third-order valence-electron chi connectivity index (χ3n) is 2.49. The van der Waals surface area contributed by atoms with E-state index in [1.54, 1.807) is 0 Å². The molecule has 0 heterocycles. The predicted octanol–water partition coefficient (Wildman–Crippen LogP) is 5.86. The Labute approximate surface area is 113 Å². The highest BCUT2D eigenvalue weighted by molar-refractivity contribution is 7.28. The van der Waals surface area contributed by atoms with E-state index >= 15 is 0 Å². The largest absolute Gasteiger partial charge is 0.225 e. The van der Waals surface area contributed by atoms with Gasteiger partial charge in [-0.15, -0.1) is 0 Å². The van der Waals surface area contributed by atoms with Crippen molar-refractivity contribution < 1.29 is 0 Å². The molecule has 0 rings (SSSR count). The van der Waals surface area contributed by atoms with Crippen molar-refractivity contribution in [2.45, 2.75) is 59.3 Å². The van der Waals surface area contributed by atoms with Gasteiger partial charge in [0.2, 0.25) is 7.38 Å². The van der Waals surface area contributed by atoms with Gasteiger partial charge in [0.15, 0.2) is 0 Å². The monoisotopic (exact) mass is 270 g/mol. The predicted molar refractivity (Wildman–Crippen MR) is 83.8 cm³/mol. The van der Waals surface area contributed by atoms with Crippen LogP contribution in [0.4, 0.5) is 0 Å². The molecule has 0 atom stereocenters. The molecule has 0 aliphatic heterocycles. The summed E-state index contributed by atoms with van der Waals surface area (Å²) in [7, 11) is -1.93. The second-order valence-electron chi connectivity index (χ2n) is 4.40. The molecular formula is C15H27ClSi. The van der Waals surface area contributed by atoms with Crippen molar-refractivity contribution in [3.63, 3.8) is 0 Å². The molecule has 0 aromatic rings. The van der Waals surface area contributed by atoms with Crippen molar-refractivity contribution in [1.82, 2.24) is 0 Å². The van der Waals surface area contributed by atoms with Crippen LogP contribution < -0.4 is 0 Å². The zero-order chi connectivity index (χ0) is 13.0. The highest BCUT2D eigenvalue weighted by atomic mass is 35.6. The van der Waals surface area contributed by atoms with Crippen LogP contribution in [0, 0.1) is 0 Å². The number of hydrogen-bond acceptors (Lipinski definition) is 0. The van der Waals surface area contributed by atoms with Crippen LogP contribution in [0.2, 0.25) is 0 Å². The number of allylic oxidation sites excluding steroid dienone is 3. The van der Waals surface area contributed by atoms with Crippen molar-refractivity contribution >= 4 is 18.5 Å². The maximum atomic E-state index is 6.72. The SMILES string of the molecule is CCCC=C[Si](Cl)(C=CCCC)C=CCCC. The lowest BCUT2D eigenvalue weighted by Gasteiger charge is -2.10. The lowest BCUT2D eigenvalue weighted by atomic mass is 10.3. The molecular weight excluding hydrogens is 244 g/mol. The molecule has 0 unspecified atom stereocenters. The van der Waals surface area contributed by atoms with Crippen LogP contribution in [-0.2, 0) is 0 Å². The van der Waals surface area contributed by atoms with E-state index in [1.807, 2.05) is 0 Å². The molecule has 0 aliphatic rings. The molecule has 2 heteroatoms. The molecule has 0 nitrogen and oxygen atoms in total. The van der Waals surface area contributed by atoms with Gasteiger partial charge in [0.05, 0.1) is 0 Å². The fourth-order valence-corrected chi connectivity index (χ4v) is 4.18. The molecule has 0 aromatic carbocycles. The molecule has 0 saturated heterocycles. The highest BCUT2D eigenvalue weighted by Crippen LogP contribution is 2.17. The van der Waals surface area contributed by atoms with Crippen LogP contribution in [0.3, 0.4) is 0 Å². The molecule has 0 fully saturated rings. The maximum absolute atomic E-state index is 6.72. The number of halogens is 1. The average Bonchev–Trinajstić information content (AvgIpc) is 2.30. The van der Waals surface area contributed by atoms with E-state index in [0.29, 0.717) is 0 Å². The first-order valence-corrected chi connectivity index (χ1v) is 10.1. The van der Waals surface area contributed by atoms with Crippen molar-refractivity contribution in [2.75, 3.05) is 0 Å². The summed E-state index contributed by atoms with van der Waals surface area (Å²) in [5, 5.41) is 0. The van der Waals surface area contributed by atoms with Gasteiger partial charge in [-0.05, 0) is 19.3 Å². The standard InChI is InChI=1S/C15H27ClSi/c1-4-7-10-13-17(16,14-11-8-5-2)15-12-9-6-3/h10-15H,4-9H2,1-3H3. The van der Waals surface area contributed by atoms with Gasteiger partial charge in [0.25, 0.3) is 0 Å². The molecule has 0 N–H and O–H groups in total. The van der Waals surface area contributed by atoms with E-state index in [0.717, 1.165) is 19.3 Å². The quantitative estimate of drug-likeness (QED) is 0.364. The summed E-state index contributed by atoms with van der Waals surface area (Å²) >= 11 is 6.72. The summed E-state index contributed by atoms with van der Waals surface area (Å²) < 4.78 is 0. The van der Waals surface area contributed by atoms with Gasteiger partial charge in [0.1, 0.15) is 0 Å². The van der Waals surface area contributed by atoms with Crippen LogP contribution in [0.25, 0.3) is 0 Å². The minimum Gasteiger partial charge on any atom is -0.151 e. The Bertz CT molecular complexity index is 213. The van der Waals surface area contributed by atoms with Crippen LogP contribution in [0.15, 0.2) is 35.3 Å². The van der Waals surface area contributed by atoms with E-state index < -0.39 is 7.38 Å². The lowest BCUT2D eigenvalue weighted by molar-refractivity contribution is 0.957. The average molecular weight is 271 g/mol. The normalized spacial score (nSPS) is 16.2. The molecule has 0 radical (unpaired) electrons. The highest BCUT2D eigenvalue weighted by Gasteiger charge is 2.19. The minimum atomic E-state index is -1.93. The van der Waals surface area contributed by atoms with Crippen LogP contribution in [0.5, 0.6) is 0 Å². The van der Waals surface area contributed by atoms with Gasteiger partial charge in [-0.2, -0.15) is 11.1 Å². The summed E-state index contributed by atoms with van der Waals surface area (Å²) in [6, 6.07) is 0. The van der Waals surface area contributed by atoms with Gasteiger partial charge in [0, 0.05) is 0 Å². The molecule has 17 heavy (non-hydrogen) atoms. The molecule has 0 bridgehead atoms. The van der Waals surface area contributed by atoms with E-state index in [-0.39, 0.29) is 0 Å². The Balaban J connectivity index is 4.55. The Morgan fingerprint density at radius 3 is 1.24 bits per heavy atom. The van der Waals surface area contributed by atoms with Crippen molar-refractivity contribution in [3.8, 4) is 0 Å². The first-order valence-electron chi connectivity index (χ1n) is 6.90. The topological polar surface area (TPSA) is 0 Å². The third-order valence-corrected chi connectivity index (χ3v) is 5.86.